The van der Waals surface area contributed by atoms with Crippen LogP contribution in [0.5, 0.6) is 0 Å². The molecule has 0 aliphatic rings. The third-order valence-corrected chi connectivity index (χ3v) is 3.80. The molecule has 1 aromatic carbocycles. The number of para-hydroxylation sites is 1. The third-order valence-electron chi connectivity index (χ3n) is 3.80. The molecule has 6 nitrogen and oxygen atoms in total. The molecule has 0 atom stereocenters. The molecule has 25 heavy (non-hydrogen) atoms. The van der Waals surface area contributed by atoms with Gasteiger partial charge in [0.25, 0.3) is 0 Å². The largest absolute Gasteiger partial charge is 0.356 e. The zero-order valence-corrected chi connectivity index (χ0v) is 15.3. The molecule has 134 valence electrons. The Balaban J connectivity index is 1.87. The van der Waals surface area contributed by atoms with Crippen molar-refractivity contribution in [3.05, 3.63) is 42.1 Å². The Kier molecular flexibility index (Phi) is 5.96. The van der Waals surface area contributed by atoms with Gasteiger partial charge in [-0.3, -0.25) is 9.59 Å². The van der Waals surface area contributed by atoms with Crippen LogP contribution in [0.3, 0.4) is 0 Å². The van der Waals surface area contributed by atoms with Gasteiger partial charge in [-0.05, 0) is 25.0 Å². The zero-order valence-electron chi connectivity index (χ0n) is 15.3. The Morgan fingerprint density at radius 2 is 1.88 bits per heavy atom. The van der Waals surface area contributed by atoms with Crippen LogP contribution in [0.1, 0.15) is 39.2 Å². The zero-order chi connectivity index (χ0) is 18.4. The summed E-state index contributed by atoms with van der Waals surface area (Å²) in [5.41, 5.74) is 1.59. The molecule has 0 fully saturated rings. The summed E-state index contributed by atoms with van der Waals surface area (Å²) < 4.78 is 1.72. The van der Waals surface area contributed by atoms with E-state index < -0.39 is 5.41 Å². The van der Waals surface area contributed by atoms with Gasteiger partial charge in [0.1, 0.15) is 5.82 Å². The molecule has 0 bridgehead atoms. The summed E-state index contributed by atoms with van der Waals surface area (Å²) in [4.78, 5) is 23.9. The summed E-state index contributed by atoms with van der Waals surface area (Å²) >= 11 is 0. The monoisotopic (exact) mass is 342 g/mol. The molecule has 1 aromatic heterocycles. The number of hydrogen-bond acceptors (Lipinski definition) is 3. The molecular weight excluding hydrogens is 316 g/mol. The van der Waals surface area contributed by atoms with E-state index in [1.165, 1.54) is 0 Å². The van der Waals surface area contributed by atoms with Crippen molar-refractivity contribution in [2.24, 2.45) is 5.41 Å². The number of benzene rings is 1. The maximum absolute atomic E-state index is 12.2. The minimum atomic E-state index is -0.414. The maximum Gasteiger partial charge on any atom is 0.225 e. The van der Waals surface area contributed by atoms with Crippen molar-refractivity contribution in [3.63, 3.8) is 0 Å². The standard InChI is InChI=1S/C19H26N4O2/c1-14-8-5-6-9-15(14)23-16(11-13-21-23)22-17(24)10-7-12-20-18(25)19(2,3)4/h5-6,8-9,11,13H,7,10,12H2,1-4H3,(H,20,25)(H,22,24). The minimum absolute atomic E-state index is 0.00876. The first kappa shape index (κ1) is 18.7. The highest BCUT2D eigenvalue weighted by molar-refractivity contribution is 5.90. The second-order valence-electron chi connectivity index (χ2n) is 7.07. The molecular formula is C19H26N4O2. The molecule has 0 aliphatic heterocycles. The smallest absolute Gasteiger partial charge is 0.225 e. The first-order chi connectivity index (χ1) is 11.8. The van der Waals surface area contributed by atoms with Crippen LogP contribution >= 0.6 is 0 Å². The average molecular weight is 342 g/mol. The van der Waals surface area contributed by atoms with Gasteiger partial charge >= 0.3 is 0 Å². The number of hydrogen-bond donors (Lipinski definition) is 2. The topological polar surface area (TPSA) is 76.0 Å². The fourth-order valence-corrected chi connectivity index (χ4v) is 2.31. The van der Waals surface area contributed by atoms with Crippen LogP contribution in [-0.4, -0.2) is 28.1 Å². The number of carbonyl (C=O) groups excluding carboxylic acids is 2. The minimum Gasteiger partial charge on any atom is -0.356 e. The Hall–Kier alpha value is -2.63. The highest BCUT2D eigenvalue weighted by Crippen LogP contribution is 2.18. The number of nitrogens with one attached hydrogen (secondary N) is 2. The predicted octanol–water partition coefficient (Wildman–Crippen LogP) is 3.06. The van der Waals surface area contributed by atoms with Crippen molar-refractivity contribution in [1.29, 1.82) is 0 Å². The first-order valence-electron chi connectivity index (χ1n) is 8.47. The summed E-state index contributed by atoms with van der Waals surface area (Å²) in [6.07, 6.45) is 2.58. The second-order valence-corrected chi connectivity index (χ2v) is 7.07. The maximum atomic E-state index is 12.2. The van der Waals surface area contributed by atoms with E-state index in [-0.39, 0.29) is 11.8 Å². The van der Waals surface area contributed by atoms with E-state index in [1.807, 2.05) is 52.0 Å². The predicted molar refractivity (Wildman–Crippen MR) is 98.6 cm³/mol. The van der Waals surface area contributed by atoms with Gasteiger partial charge in [-0.25, -0.2) is 4.68 Å². The van der Waals surface area contributed by atoms with Gasteiger partial charge in [0.2, 0.25) is 11.8 Å². The Morgan fingerprint density at radius 3 is 2.56 bits per heavy atom. The number of aromatic nitrogens is 2. The van der Waals surface area contributed by atoms with Crippen molar-refractivity contribution in [3.8, 4) is 5.69 Å². The molecule has 2 rings (SSSR count). The Morgan fingerprint density at radius 1 is 1.16 bits per heavy atom. The van der Waals surface area contributed by atoms with Crippen LogP contribution in [0, 0.1) is 12.3 Å². The number of nitrogens with zero attached hydrogens (tertiary/aromatic N) is 2. The lowest BCUT2D eigenvalue weighted by Gasteiger charge is -2.17. The molecule has 6 heteroatoms. The molecule has 1 heterocycles. The molecule has 2 N–H and O–H groups in total. The van der Waals surface area contributed by atoms with Crippen LogP contribution in [0.15, 0.2) is 36.5 Å². The van der Waals surface area contributed by atoms with E-state index in [0.29, 0.717) is 25.2 Å². The van der Waals surface area contributed by atoms with Gasteiger partial charge in [-0.2, -0.15) is 5.10 Å². The fraction of sp³-hybridized carbons (Fsp3) is 0.421. The highest BCUT2D eigenvalue weighted by atomic mass is 16.2. The number of anilines is 1. The lowest BCUT2D eigenvalue weighted by Crippen LogP contribution is -2.35. The van der Waals surface area contributed by atoms with Crippen LogP contribution < -0.4 is 10.6 Å². The Bertz CT molecular complexity index is 744. The summed E-state index contributed by atoms with van der Waals surface area (Å²) in [5, 5.41) is 10.0. The Labute approximate surface area is 148 Å². The van der Waals surface area contributed by atoms with Crippen molar-refractivity contribution >= 4 is 17.6 Å². The summed E-state index contributed by atoms with van der Waals surface area (Å²) in [7, 11) is 0. The first-order valence-corrected chi connectivity index (χ1v) is 8.47. The number of rotatable bonds is 6. The molecule has 0 spiro atoms. The van der Waals surface area contributed by atoms with Crippen LogP contribution in [0.25, 0.3) is 5.69 Å². The van der Waals surface area contributed by atoms with Crippen LogP contribution in [-0.2, 0) is 9.59 Å². The van der Waals surface area contributed by atoms with Gasteiger partial charge in [-0.1, -0.05) is 39.0 Å². The molecule has 2 aromatic rings. The van der Waals surface area contributed by atoms with Crippen molar-refractivity contribution in [1.82, 2.24) is 15.1 Å². The van der Waals surface area contributed by atoms with Crippen molar-refractivity contribution in [2.45, 2.75) is 40.5 Å². The highest BCUT2D eigenvalue weighted by Gasteiger charge is 2.20. The summed E-state index contributed by atoms with van der Waals surface area (Å²) in [5.74, 6) is 0.531. The molecule has 2 amide bonds. The van der Waals surface area contributed by atoms with Gasteiger partial charge in [0, 0.05) is 24.4 Å². The quantitative estimate of drug-likeness (QED) is 0.792. The van der Waals surface area contributed by atoms with Crippen LogP contribution in [0.4, 0.5) is 5.82 Å². The van der Waals surface area contributed by atoms with E-state index >= 15 is 0 Å². The van der Waals surface area contributed by atoms with E-state index in [4.69, 9.17) is 0 Å². The van der Waals surface area contributed by atoms with Crippen molar-refractivity contribution in [2.75, 3.05) is 11.9 Å². The number of carbonyl (C=O) groups is 2. The number of aryl methyl sites for hydroxylation is 1. The van der Waals surface area contributed by atoms with Gasteiger partial charge in [-0.15, -0.1) is 0 Å². The van der Waals surface area contributed by atoms with E-state index in [2.05, 4.69) is 15.7 Å². The van der Waals surface area contributed by atoms with Gasteiger partial charge in [0.15, 0.2) is 0 Å². The molecule has 0 saturated heterocycles. The SMILES string of the molecule is Cc1ccccc1-n1nccc1NC(=O)CCCNC(=O)C(C)(C)C. The van der Waals surface area contributed by atoms with Crippen LogP contribution in [0.2, 0.25) is 0 Å². The van der Waals surface area contributed by atoms with Gasteiger partial charge in [0.05, 0.1) is 11.9 Å². The number of amides is 2. The molecule has 0 saturated carbocycles. The average Bonchev–Trinajstić information content (AvgIpc) is 2.98. The normalized spacial score (nSPS) is 11.2. The second kappa shape index (κ2) is 7.96. The molecule has 0 radical (unpaired) electrons. The fourth-order valence-electron chi connectivity index (χ4n) is 2.31. The van der Waals surface area contributed by atoms with Gasteiger partial charge < -0.3 is 10.6 Å². The molecule has 0 aliphatic carbocycles. The van der Waals surface area contributed by atoms with E-state index in [9.17, 15) is 9.59 Å². The summed E-state index contributed by atoms with van der Waals surface area (Å²) in [6, 6.07) is 9.63. The lowest BCUT2D eigenvalue weighted by atomic mass is 9.96. The van der Waals surface area contributed by atoms with Crippen molar-refractivity contribution < 1.29 is 9.59 Å². The lowest BCUT2D eigenvalue weighted by molar-refractivity contribution is -0.128. The van der Waals surface area contributed by atoms with E-state index in [0.717, 1.165) is 11.3 Å². The van der Waals surface area contributed by atoms with E-state index in [1.54, 1.807) is 16.9 Å². The summed E-state index contributed by atoms with van der Waals surface area (Å²) in [6.45, 7) is 8.08. The third kappa shape index (κ3) is 5.17. The molecule has 0 unspecified atom stereocenters.